The van der Waals surface area contributed by atoms with Crippen LogP contribution in [0.1, 0.15) is 77.8 Å². The van der Waals surface area contributed by atoms with E-state index < -0.39 is 11.6 Å². The lowest BCUT2D eigenvalue weighted by Crippen LogP contribution is -2.49. The summed E-state index contributed by atoms with van der Waals surface area (Å²) in [5.41, 5.74) is 1.97. The van der Waals surface area contributed by atoms with E-state index in [9.17, 15) is 4.39 Å². The molecule has 0 atom stereocenters. The molecule has 2 aromatic carbocycles. The van der Waals surface area contributed by atoms with Crippen LogP contribution in [0.2, 0.25) is 0 Å². The Morgan fingerprint density at radius 2 is 1.49 bits per heavy atom. The maximum Gasteiger partial charge on any atom is 0.205 e. The Morgan fingerprint density at radius 1 is 0.846 bits per heavy atom. The highest BCUT2D eigenvalue weighted by molar-refractivity contribution is 5.89. The van der Waals surface area contributed by atoms with E-state index in [0.717, 1.165) is 73.1 Å². The molecule has 0 unspecified atom stereocenters. The minimum Gasteiger partial charge on any atom is -0.372 e. The highest BCUT2D eigenvalue weighted by atomic mass is 19.1. The maximum absolute atomic E-state index is 15.2. The van der Waals surface area contributed by atoms with Crippen molar-refractivity contribution in [3.63, 3.8) is 0 Å². The lowest BCUT2D eigenvalue weighted by atomic mass is 10.0. The molecule has 3 nitrogen and oxygen atoms in total. The van der Waals surface area contributed by atoms with Crippen molar-refractivity contribution in [2.75, 3.05) is 44.2 Å². The van der Waals surface area contributed by atoms with Gasteiger partial charge in [-0.25, -0.2) is 8.96 Å². The van der Waals surface area contributed by atoms with Gasteiger partial charge in [0.05, 0.1) is 38.2 Å². The number of aryl methyl sites for hydroxylation is 1. The van der Waals surface area contributed by atoms with Crippen LogP contribution in [-0.4, -0.2) is 43.8 Å². The van der Waals surface area contributed by atoms with Crippen molar-refractivity contribution in [3.8, 4) is 0 Å². The summed E-state index contributed by atoms with van der Waals surface area (Å²) in [6, 6.07) is 14.0. The molecule has 0 fully saturated rings. The first-order valence-corrected chi connectivity index (χ1v) is 15.1. The molecule has 0 aliphatic heterocycles. The summed E-state index contributed by atoms with van der Waals surface area (Å²) in [4.78, 5) is 2.47. The highest BCUT2D eigenvalue weighted by Crippen LogP contribution is 2.27. The minimum absolute atomic E-state index is 0.00462. The van der Waals surface area contributed by atoms with E-state index in [-0.39, 0.29) is 5.56 Å². The standard InChI is InChI=1S/C34H49F2N3/c1-6-11-20-38(21-12-7-2)31-17-16-29-24-28(14-15-30(29)26-31)25-33(35)32-18-22-37(27-34(32)36)19-13-23-39(8-3,9-4)10-5/h14-18,22,24-27H,6-13,19-21,23H2,1-5H3/q+2. The average Bonchev–Trinajstić information content (AvgIpc) is 2.95. The van der Waals surface area contributed by atoms with E-state index in [1.165, 1.54) is 43.6 Å². The van der Waals surface area contributed by atoms with E-state index in [1.807, 2.05) is 22.8 Å². The molecule has 0 aliphatic carbocycles. The second-order valence-electron chi connectivity index (χ2n) is 10.8. The first-order valence-electron chi connectivity index (χ1n) is 15.1. The van der Waals surface area contributed by atoms with E-state index in [4.69, 9.17) is 0 Å². The minimum atomic E-state index is -0.556. The quantitative estimate of drug-likeness (QED) is 0.131. The number of fused-ring (bicyclic) bond motifs is 1. The van der Waals surface area contributed by atoms with E-state index >= 15 is 4.39 Å². The third kappa shape index (κ3) is 8.35. The summed E-state index contributed by atoms with van der Waals surface area (Å²) < 4.78 is 33.0. The lowest BCUT2D eigenvalue weighted by Gasteiger charge is -2.35. The number of aromatic nitrogens is 1. The number of unbranched alkanes of at least 4 members (excludes halogenated alkanes) is 2. The van der Waals surface area contributed by atoms with Crippen molar-refractivity contribution in [3.05, 3.63) is 71.8 Å². The lowest BCUT2D eigenvalue weighted by molar-refractivity contribution is -0.925. The van der Waals surface area contributed by atoms with E-state index in [1.54, 1.807) is 12.3 Å². The van der Waals surface area contributed by atoms with Gasteiger partial charge in [0, 0.05) is 24.8 Å². The Labute approximate surface area is 235 Å². The molecule has 0 bridgehead atoms. The zero-order valence-corrected chi connectivity index (χ0v) is 24.9. The van der Waals surface area contributed by atoms with Gasteiger partial charge < -0.3 is 9.38 Å². The molecule has 3 rings (SSSR count). The largest absolute Gasteiger partial charge is 0.372 e. The van der Waals surface area contributed by atoms with Gasteiger partial charge in [0.15, 0.2) is 18.6 Å². The number of hydrogen-bond acceptors (Lipinski definition) is 1. The Hall–Kier alpha value is -2.79. The van der Waals surface area contributed by atoms with Gasteiger partial charge in [-0.3, -0.25) is 0 Å². The summed E-state index contributed by atoms with van der Waals surface area (Å²) in [6.45, 7) is 18.4. The Bertz CT molecular complexity index is 1200. The molecular formula is C34H49F2N3+2. The third-order valence-electron chi connectivity index (χ3n) is 8.36. The van der Waals surface area contributed by atoms with Gasteiger partial charge in [0.2, 0.25) is 6.20 Å². The molecule has 5 heteroatoms. The number of pyridine rings is 1. The fourth-order valence-electron chi connectivity index (χ4n) is 5.40. The number of hydrogen-bond donors (Lipinski definition) is 0. The topological polar surface area (TPSA) is 7.12 Å². The van der Waals surface area contributed by atoms with Gasteiger partial charge in [-0.05, 0) is 74.2 Å². The Kier molecular flexibility index (Phi) is 11.9. The predicted molar refractivity (Wildman–Crippen MR) is 163 cm³/mol. The van der Waals surface area contributed by atoms with Gasteiger partial charge in [0.25, 0.3) is 0 Å². The molecule has 0 saturated carbocycles. The van der Waals surface area contributed by atoms with Crippen molar-refractivity contribution in [1.29, 1.82) is 0 Å². The average molecular weight is 538 g/mol. The smallest absolute Gasteiger partial charge is 0.205 e. The molecule has 0 radical (unpaired) electrons. The number of benzene rings is 2. The fraction of sp³-hybridized carbons (Fsp3) is 0.500. The zero-order chi connectivity index (χ0) is 28.3. The monoisotopic (exact) mass is 537 g/mol. The second-order valence-corrected chi connectivity index (χ2v) is 10.8. The molecule has 0 aliphatic rings. The van der Waals surface area contributed by atoms with Gasteiger partial charge in [-0.2, -0.15) is 4.39 Å². The van der Waals surface area contributed by atoms with Crippen LogP contribution < -0.4 is 9.47 Å². The summed E-state index contributed by atoms with van der Waals surface area (Å²) in [5.74, 6) is -1.09. The van der Waals surface area contributed by atoms with Crippen molar-refractivity contribution < 1.29 is 17.8 Å². The second kappa shape index (κ2) is 15.1. The molecule has 0 saturated heterocycles. The van der Waals surface area contributed by atoms with Gasteiger partial charge in [0.1, 0.15) is 5.83 Å². The number of anilines is 1. The van der Waals surface area contributed by atoms with Crippen LogP contribution in [0.3, 0.4) is 0 Å². The normalized spacial score (nSPS) is 12.3. The van der Waals surface area contributed by atoms with Crippen LogP contribution in [-0.2, 0) is 6.54 Å². The molecule has 1 aromatic heterocycles. The van der Waals surface area contributed by atoms with Crippen LogP contribution in [0, 0.1) is 5.82 Å². The maximum atomic E-state index is 15.2. The Balaban J connectivity index is 1.72. The first kappa shape index (κ1) is 30.7. The summed E-state index contributed by atoms with van der Waals surface area (Å²) in [7, 11) is 0. The summed E-state index contributed by atoms with van der Waals surface area (Å²) in [5, 5.41) is 2.19. The first-order chi connectivity index (χ1) is 18.9. The molecule has 0 amide bonds. The van der Waals surface area contributed by atoms with E-state index in [0.29, 0.717) is 0 Å². The highest BCUT2D eigenvalue weighted by Gasteiger charge is 2.21. The van der Waals surface area contributed by atoms with Crippen molar-refractivity contribution in [2.24, 2.45) is 0 Å². The number of nitrogens with zero attached hydrogens (tertiary/aromatic N) is 3. The summed E-state index contributed by atoms with van der Waals surface area (Å²) >= 11 is 0. The number of quaternary nitrogens is 1. The zero-order valence-electron chi connectivity index (χ0n) is 24.9. The summed E-state index contributed by atoms with van der Waals surface area (Å²) in [6.07, 6.45) is 10.3. The van der Waals surface area contributed by atoms with Gasteiger partial charge in [-0.1, -0.05) is 44.9 Å². The van der Waals surface area contributed by atoms with Crippen LogP contribution in [0.5, 0.6) is 0 Å². The van der Waals surface area contributed by atoms with Gasteiger partial charge >= 0.3 is 0 Å². The van der Waals surface area contributed by atoms with Crippen LogP contribution >= 0.6 is 0 Å². The van der Waals surface area contributed by atoms with Gasteiger partial charge in [-0.15, -0.1) is 0 Å². The molecular weight excluding hydrogens is 488 g/mol. The SMILES string of the molecule is CCCCN(CCCC)c1ccc2cc(/C=C(\F)c3cc[n+](CCC[N+](CC)(CC)CC)cc3F)ccc2c1. The molecule has 212 valence electrons. The van der Waals surface area contributed by atoms with Crippen molar-refractivity contribution in [1.82, 2.24) is 0 Å². The molecule has 39 heavy (non-hydrogen) atoms. The molecule has 0 spiro atoms. The van der Waals surface area contributed by atoms with Crippen LogP contribution in [0.25, 0.3) is 22.7 Å². The van der Waals surface area contributed by atoms with Crippen molar-refractivity contribution in [2.45, 2.75) is 73.3 Å². The fourth-order valence-corrected chi connectivity index (χ4v) is 5.40. The third-order valence-corrected chi connectivity index (χ3v) is 8.36. The number of halogens is 2. The Morgan fingerprint density at radius 3 is 2.10 bits per heavy atom. The molecule has 0 N–H and O–H groups in total. The van der Waals surface area contributed by atoms with Crippen LogP contribution in [0.15, 0.2) is 54.9 Å². The molecule has 3 aromatic rings. The predicted octanol–water partition coefficient (Wildman–Crippen LogP) is 8.41. The van der Waals surface area contributed by atoms with Crippen molar-refractivity contribution >= 4 is 28.4 Å². The van der Waals surface area contributed by atoms with Crippen LogP contribution in [0.4, 0.5) is 14.5 Å². The molecule has 1 heterocycles. The van der Waals surface area contributed by atoms with E-state index in [2.05, 4.69) is 57.7 Å². The number of rotatable bonds is 16.